The van der Waals surface area contributed by atoms with Crippen LogP contribution >= 0.6 is 11.6 Å². The van der Waals surface area contributed by atoms with Gasteiger partial charge >= 0.3 is 6.18 Å². The predicted molar refractivity (Wildman–Crippen MR) is 72.7 cm³/mol. The smallest absolute Gasteiger partial charge is 0.416 e. The normalized spacial score (nSPS) is 11.3. The van der Waals surface area contributed by atoms with Gasteiger partial charge in [0.25, 0.3) is 0 Å². The average molecular weight is 319 g/mol. The van der Waals surface area contributed by atoms with Crippen LogP contribution in [-0.2, 0) is 6.18 Å². The van der Waals surface area contributed by atoms with E-state index in [1.165, 1.54) is 7.11 Å². The van der Waals surface area contributed by atoms with Crippen LogP contribution in [0, 0.1) is 0 Å². The van der Waals surface area contributed by atoms with E-state index in [9.17, 15) is 13.2 Å². The summed E-state index contributed by atoms with van der Waals surface area (Å²) >= 11 is 5.89. The van der Waals surface area contributed by atoms with Gasteiger partial charge in [-0.05, 0) is 18.2 Å². The average Bonchev–Trinajstić information content (AvgIpc) is 2.40. The zero-order chi connectivity index (χ0) is 15.6. The first kappa shape index (κ1) is 15.2. The van der Waals surface area contributed by atoms with Crippen molar-refractivity contribution in [3.63, 3.8) is 0 Å². The minimum absolute atomic E-state index is 0.0305. The first-order chi connectivity index (χ1) is 9.82. The van der Waals surface area contributed by atoms with Gasteiger partial charge < -0.3 is 15.8 Å². The van der Waals surface area contributed by atoms with Crippen LogP contribution in [0.3, 0.4) is 0 Å². The van der Waals surface area contributed by atoms with E-state index in [-0.39, 0.29) is 28.1 Å². The molecule has 0 aliphatic heterocycles. The molecule has 3 N–H and O–H groups in total. The van der Waals surface area contributed by atoms with E-state index in [1.54, 1.807) is 0 Å². The molecule has 1 aromatic carbocycles. The van der Waals surface area contributed by atoms with Gasteiger partial charge in [0, 0.05) is 0 Å². The topological polar surface area (TPSA) is 73.1 Å². The van der Waals surface area contributed by atoms with Crippen molar-refractivity contribution in [3.8, 4) is 5.75 Å². The van der Waals surface area contributed by atoms with Gasteiger partial charge in [-0.1, -0.05) is 11.6 Å². The second-order valence-corrected chi connectivity index (χ2v) is 4.37. The first-order valence-electron chi connectivity index (χ1n) is 5.61. The molecule has 1 aromatic heterocycles. The van der Waals surface area contributed by atoms with E-state index in [0.717, 1.165) is 24.5 Å². The maximum atomic E-state index is 12.7. The maximum absolute atomic E-state index is 12.7. The minimum Gasteiger partial charge on any atom is -0.490 e. The van der Waals surface area contributed by atoms with Gasteiger partial charge in [-0.15, -0.1) is 0 Å². The molecule has 0 unspecified atom stereocenters. The molecule has 0 spiro atoms. The van der Waals surface area contributed by atoms with Crippen molar-refractivity contribution in [2.45, 2.75) is 6.18 Å². The molecule has 0 fully saturated rings. The quantitative estimate of drug-likeness (QED) is 0.906. The summed E-state index contributed by atoms with van der Waals surface area (Å²) in [7, 11) is 1.34. The standard InChI is InChI=1S/C12H10ClF3N4O/c1-21-9-10(17)18-5-19-11(9)20-8-4-6(12(14,15)16)2-3-7(8)13/h2-5H,1H3,(H3,17,18,19,20). The van der Waals surface area contributed by atoms with Crippen molar-refractivity contribution in [3.05, 3.63) is 35.1 Å². The minimum atomic E-state index is -4.48. The Labute approximate surface area is 122 Å². The molecule has 112 valence electrons. The molecular weight excluding hydrogens is 309 g/mol. The Hall–Kier alpha value is -2.22. The second-order valence-electron chi connectivity index (χ2n) is 3.96. The lowest BCUT2D eigenvalue weighted by atomic mass is 10.2. The lowest BCUT2D eigenvalue weighted by Gasteiger charge is -2.14. The Balaban J connectivity index is 2.42. The van der Waals surface area contributed by atoms with Gasteiger partial charge in [0.1, 0.15) is 6.33 Å². The van der Waals surface area contributed by atoms with Crippen LogP contribution in [-0.4, -0.2) is 17.1 Å². The van der Waals surface area contributed by atoms with E-state index in [2.05, 4.69) is 15.3 Å². The molecule has 0 saturated carbocycles. The molecule has 0 aliphatic rings. The molecule has 0 bridgehead atoms. The van der Waals surface area contributed by atoms with E-state index < -0.39 is 11.7 Å². The van der Waals surface area contributed by atoms with Crippen molar-refractivity contribution in [1.82, 2.24) is 9.97 Å². The summed E-state index contributed by atoms with van der Waals surface area (Å²) in [5.41, 5.74) is 4.79. The van der Waals surface area contributed by atoms with Crippen molar-refractivity contribution in [2.75, 3.05) is 18.2 Å². The van der Waals surface area contributed by atoms with Crippen molar-refractivity contribution < 1.29 is 17.9 Å². The van der Waals surface area contributed by atoms with Crippen LogP contribution in [0.2, 0.25) is 5.02 Å². The number of benzene rings is 1. The number of nitrogens with one attached hydrogen (secondary N) is 1. The Morgan fingerprint density at radius 3 is 2.62 bits per heavy atom. The number of aromatic nitrogens is 2. The predicted octanol–water partition coefficient (Wildman–Crippen LogP) is 3.48. The van der Waals surface area contributed by atoms with Gasteiger partial charge in [-0.2, -0.15) is 13.2 Å². The van der Waals surface area contributed by atoms with Crippen LogP contribution in [0.4, 0.5) is 30.5 Å². The number of nitrogens with zero attached hydrogens (tertiary/aromatic N) is 2. The third-order valence-corrected chi connectivity index (χ3v) is 2.91. The third kappa shape index (κ3) is 3.27. The first-order valence-corrected chi connectivity index (χ1v) is 5.99. The summed E-state index contributed by atoms with van der Waals surface area (Å²) in [6, 6.07) is 2.91. The maximum Gasteiger partial charge on any atom is 0.416 e. The summed E-state index contributed by atoms with van der Waals surface area (Å²) in [4.78, 5) is 7.59. The number of nitrogen functional groups attached to an aromatic ring is 1. The number of halogens is 4. The zero-order valence-electron chi connectivity index (χ0n) is 10.7. The van der Waals surface area contributed by atoms with Gasteiger partial charge in [0.05, 0.1) is 23.4 Å². The summed E-state index contributed by atoms with van der Waals surface area (Å²) in [6.07, 6.45) is -3.32. The van der Waals surface area contributed by atoms with Crippen molar-refractivity contribution in [1.29, 1.82) is 0 Å². The van der Waals surface area contributed by atoms with Crippen LogP contribution < -0.4 is 15.8 Å². The molecule has 0 amide bonds. The molecule has 9 heteroatoms. The van der Waals surface area contributed by atoms with Crippen molar-refractivity contribution in [2.24, 2.45) is 0 Å². The number of alkyl halides is 3. The Morgan fingerprint density at radius 2 is 2.00 bits per heavy atom. The summed E-state index contributed by atoms with van der Waals surface area (Å²) in [6.45, 7) is 0. The number of hydrogen-bond donors (Lipinski definition) is 2. The highest BCUT2D eigenvalue weighted by Gasteiger charge is 2.31. The molecule has 0 radical (unpaired) electrons. The Bertz CT molecular complexity index is 663. The monoisotopic (exact) mass is 318 g/mol. The van der Waals surface area contributed by atoms with Crippen molar-refractivity contribution >= 4 is 28.9 Å². The Morgan fingerprint density at radius 1 is 1.29 bits per heavy atom. The molecule has 0 aliphatic carbocycles. The van der Waals surface area contributed by atoms with Crippen LogP contribution in [0.15, 0.2) is 24.5 Å². The highest BCUT2D eigenvalue weighted by molar-refractivity contribution is 6.33. The molecule has 0 saturated heterocycles. The van der Waals surface area contributed by atoms with Gasteiger partial charge in [0.15, 0.2) is 11.6 Å². The highest BCUT2D eigenvalue weighted by atomic mass is 35.5. The van der Waals surface area contributed by atoms with E-state index in [4.69, 9.17) is 22.1 Å². The molecule has 1 heterocycles. The van der Waals surface area contributed by atoms with E-state index >= 15 is 0 Å². The molecule has 0 atom stereocenters. The lowest BCUT2D eigenvalue weighted by molar-refractivity contribution is -0.137. The van der Waals surface area contributed by atoms with Gasteiger partial charge in [0.2, 0.25) is 5.75 Å². The van der Waals surface area contributed by atoms with E-state index in [1.807, 2.05) is 0 Å². The highest BCUT2D eigenvalue weighted by Crippen LogP contribution is 2.36. The van der Waals surface area contributed by atoms with E-state index in [0.29, 0.717) is 0 Å². The second kappa shape index (κ2) is 5.65. The number of ether oxygens (including phenoxy) is 1. The van der Waals surface area contributed by atoms with Crippen LogP contribution in [0.25, 0.3) is 0 Å². The zero-order valence-corrected chi connectivity index (χ0v) is 11.5. The fourth-order valence-corrected chi connectivity index (χ4v) is 1.77. The molecule has 5 nitrogen and oxygen atoms in total. The molecule has 21 heavy (non-hydrogen) atoms. The third-order valence-electron chi connectivity index (χ3n) is 2.58. The molecule has 2 aromatic rings. The number of nitrogens with two attached hydrogens (primary N) is 1. The summed E-state index contributed by atoms with van der Waals surface area (Å²) in [5.74, 6) is 0.287. The fourth-order valence-electron chi connectivity index (χ4n) is 1.60. The van der Waals surface area contributed by atoms with Crippen LogP contribution in [0.1, 0.15) is 5.56 Å². The number of methoxy groups -OCH3 is 1. The fraction of sp³-hybridized carbons (Fsp3) is 0.167. The van der Waals surface area contributed by atoms with Gasteiger partial charge in [-0.3, -0.25) is 0 Å². The Kier molecular flexibility index (Phi) is 4.08. The number of rotatable bonds is 3. The molecule has 2 rings (SSSR count). The van der Waals surface area contributed by atoms with Gasteiger partial charge in [-0.25, -0.2) is 9.97 Å². The van der Waals surface area contributed by atoms with Crippen LogP contribution in [0.5, 0.6) is 5.75 Å². The lowest BCUT2D eigenvalue weighted by Crippen LogP contribution is -2.07. The number of hydrogen-bond acceptors (Lipinski definition) is 5. The largest absolute Gasteiger partial charge is 0.490 e. The SMILES string of the molecule is COc1c(N)ncnc1Nc1cc(C(F)(F)F)ccc1Cl. The molecular formula is C12H10ClF3N4O. The summed E-state index contributed by atoms with van der Waals surface area (Å²) in [5, 5.41) is 2.76. The summed E-state index contributed by atoms with van der Waals surface area (Å²) < 4.78 is 43.1. The number of anilines is 3.